The van der Waals surface area contributed by atoms with Crippen LogP contribution < -0.4 is 4.90 Å². The summed E-state index contributed by atoms with van der Waals surface area (Å²) in [6.07, 6.45) is 0.905. The fraction of sp³-hybridized carbons (Fsp3) is 0.176. The lowest BCUT2D eigenvalue weighted by atomic mass is 9.95. The topological polar surface area (TPSA) is 101 Å². The van der Waals surface area contributed by atoms with E-state index < -0.39 is 22.8 Å². The number of non-ortho nitro benzene ring substituents is 1. The van der Waals surface area contributed by atoms with Gasteiger partial charge in [-0.05, 0) is 36.6 Å². The molecular formula is C17H14N2O5. The van der Waals surface area contributed by atoms with Gasteiger partial charge in [0.15, 0.2) is 0 Å². The van der Waals surface area contributed by atoms with Crippen LogP contribution in [0.15, 0.2) is 48.5 Å². The van der Waals surface area contributed by atoms with Crippen molar-refractivity contribution in [2.75, 3.05) is 4.90 Å². The Labute approximate surface area is 137 Å². The first-order chi connectivity index (χ1) is 11.5. The number of para-hydroxylation sites is 1. The van der Waals surface area contributed by atoms with Crippen LogP contribution in [0.3, 0.4) is 0 Å². The molecule has 2 aromatic rings. The summed E-state index contributed by atoms with van der Waals surface area (Å²) in [6.45, 7) is 0. The first-order valence-corrected chi connectivity index (χ1v) is 7.38. The molecule has 1 atom stereocenters. The van der Waals surface area contributed by atoms with Crippen molar-refractivity contribution in [1.82, 2.24) is 0 Å². The van der Waals surface area contributed by atoms with Crippen LogP contribution >= 0.6 is 0 Å². The summed E-state index contributed by atoms with van der Waals surface area (Å²) in [6, 6.07) is 11.4. The van der Waals surface area contributed by atoms with E-state index in [4.69, 9.17) is 0 Å². The molecule has 3 rings (SSSR count). The quantitative estimate of drug-likeness (QED) is 0.690. The zero-order valence-electron chi connectivity index (χ0n) is 12.6. The largest absolute Gasteiger partial charge is 0.480 e. The molecule has 1 heterocycles. The minimum Gasteiger partial charge on any atom is -0.480 e. The lowest BCUT2D eigenvalue weighted by Crippen LogP contribution is -2.48. The Morgan fingerprint density at radius 1 is 1.12 bits per heavy atom. The third kappa shape index (κ3) is 2.71. The number of carboxylic acid groups (broad SMARTS) is 1. The number of benzene rings is 2. The second kappa shape index (κ2) is 6.11. The molecule has 122 valence electrons. The molecule has 24 heavy (non-hydrogen) atoms. The maximum Gasteiger partial charge on any atom is 0.326 e. The summed E-state index contributed by atoms with van der Waals surface area (Å²) >= 11 is 0. The fourth-order valence-electron chi connectivity index (χ4n) is 2.90. The minimum atomic E-state index is -1.07. The van der Waals surface area contributed by atoms with E-state index in [0.29, 0.717) is 18.5 Å². The van der Waals surface area contributed by atoms with Crippen molar-refractivity contribution in [3.05, 3.63) is 69.8 Å². The highest BCUT2D eigenvalue weighted by atomic mass is 16.6. The standard InChI is InChI=1S/C17H14N2O5/c20-16(12-5-8-13(9-6-12)19(23)24)18-14-4-2-1-3-11(14)7-10-15(18)17(21)22/h1-6,8-9,15H,7,10H2,(H,21,22)/t15-/m1/s1. The molecule has 0 aromatic heterocycles. The van der Waals surface area contributed by atoms with Crippen LogP contribution in [0.25, 0.3) is 0 Å². The normalized spacial score (nSPS) is 16.3. The molecule has 0 spiro atoms. The van der Waals surface area contributed by atoms with Gasteiger partial charge >= 0.3 is 5.97 Å². The van der Waals surface area contributed by atoms with E-state index in [1.165, 1.54) is 29.2 Å². The van der Waals surface area contributed by atoms with Crippen LogP contribution in [0, 0.1) is 10.1 Å². The third-order valence-electron chi connectivity index (χ3n) is 4.08. The predicted molar refractivity (Wildman–Crippen MR) is 86.1 cm³/mol. The van der Waals surface area contributed by atoms with Crippen molar-refractivity contribution >= 4 is 23.3 Å². The highest BCUT2D eigenvalue weighted by Gasteiger charge is 2.35. The number of carbonyl (C=O) groups excluding carboxylic acids is 1. The van der Waals surface area contributed by atoms with Crippen LogP contribution in [-0.4, -0.2) is 27.9 Å². The molecule has 0 saturated heterocycles. The number of rotatable bonds is 3. The maximum absolute atomic E-state index is 12.9. The number of fused-ring (bicyclic) bond motifs is 1. The number of carboxylic acids is 1. The van der Waals surface area contributed by atoms with Gasteiger partial charge in [-0.25, -0.2) is 4.79 Å². The summed E-state index contributed by atoms with van der Waals surface area (Å²) in [5.41, 5.74) is 1.56. The molecule has 0 fully saturated rings. The second-order valence-corrected chi connectivity index (χ2v) is 5.50. The highest BCUT2D eigenvalue weighted by Crippen LogP contribution is 2.32. The predicted octanol–water partition coefficient (Wildman–Crippen LogP) is 2.64. The molecule has 1 amide bonds. The number of nitro groups is 1. The van der Waals surface area contributed by atoms with E-state index >= 15 is 0 Å². The van der Waals surface area contributed by atoms with Crippen molar-refractivity contribution in [3.63, 3.8) is 0 Å². The fourth-order valence-corrected chi connectivity index (χ4v) is 2.90. The van der Waals surface area contributed by atoms with Crippen LogP contribution in [-0.2, 0) is 11.2 Å². The molecular weight excluding hydrogens is 312 g/mol. The van der Waals surface area contributed by atoms with Gasteiger partial charge in [-0.1, -0.05) is 18.2 Å². The Morgan fingerprint density at radius 3 is 2.42 bits per heavy atom. The van der Waals surface area contributed by atoms with E-state index in [9.17, 15) is 24.8 Å². The Morgan fingerprint density at radius 2 is 1.79 bits per heavy atom. The molecule has 0 unspecified atom stereocenters. The Hall–Kier alpha value is -3.22. The molecule has 0 radical (unpaired) electrons. The van der Waals surface area contributed by atoms with Crippen LogP contribution in [0.4, 0.5) is 11.4 Å². The Balaban J connectivity index is 2.02. The summed E-state index contributed by atoms with van der Waals surface area (Å²) < 4.78 is 0. The number of carbonyl (C=O) groups is 2. The molecule has 7 nitrogen and oxygen atoms in total. The zero-order valence-corrected chi connectivity index (χ0v) is 12.6. The number of hydrogen-bond donors (Lipinski definition) is 1. The first-order valence-electron chi connectivity index (χ1n) is 7.38. The summed E-state index contributed by atoms with van der Waals surface area (Å²) in [4.78, 5) is 35.9. The number of anilines is 1. The van der Waals surface area contributed by atoms with E-state index in [0.717, 1.165) is 5.56 Å². The van der Waals surface area contributed by atoms with Gasteiger partial charge in [-0.3, -0.25) is 19.8 Å². The van der Waals surface area contributed by atoms with Crippen LogP contribution in [0.2, 0.25) is 0 Å². The van der Waals surface area contributed by atoms with Gasteiger partial charge in [0.25, 0.3) is 11.6 Å². The number of hydrogen-bond acceptors (Lipinski definition) is 4. The average Bonchev–Trinajstić information content (AvgIpc) is 2.60. The van der Waals surface area contributed by atoms with Crippen molar-refractivity contribution < 1.29 is 19.6 Å². The third-order valence-corrected chi connectivity index (χ3v) is 4.08. The van der Waals surface area contributed by atoms with Crippen molar-refractivity contribution in [2.24, 2.45) is 0 Å². The monoisotopic (exact) mass is 326 g/mol. The number of amides is 1. The molecule has 7 heteroatoms. The van der Waals surface area contributed by atoms with Gasteiger partial charge < -0.3 is 5.11 Å². The van der Waals surface area contributed by atoms with Crippen molar-refractivity contribution in [3.8, 4) is 0 Å². The van der Waals surface area contributed by atoms with Crippen LogP contribution in [0.1, 0.15) is 22.3 Å². The molecule has 1 aliphatic rings. The average molecular weight is 326 g/mol. The number of aryl methyl sites for hydroxylation is 1. The lowest BCUT2D eigenvalue weighted by Gasteiger charge is -2.34. The van der Waals surface area contributed by atoms with E-state index in [2.05, 4.69) is 0 Å². The molecule has 0 saturated carbocycles. The molecule has 0 aliphatic carbocycles. The van der Waals surface area contributed by atoms with Gasteiger partial charge in [-0.2, -0.15) is 0 Å². The summed E-state index contributed by atoms with van der Waals surface area (Å²) in [5.74, 6) is -1.55. The number of nitrogens with zero attached hydrogens (tertiary/aromatic N) is 2. The van der Waals surface area contributed by atoms with E-state index in [1.54, 1.807) is 12.1 Å². The highest BCUT2D eigenvalue weighted by molar-refractivity contribution is 6.10. The van der Waals surface area contributed by atoms with Crippen LogP contribution in [0.5, 0.6) is 0 Å². The number of aliphatic carboxylic acids is 1. The maximum atomic E-state index is 12.9. The van der Waals surface area contributed by atoms with E-state index in [-0.39, 0.29) is 11.3 Å². The molecule has 2 aromatic carbocycles. The molecule has 1 N–H and O–H groups in total. The lowest BCUT2D eigenvalue weighted by molar-refractivity contribution is -0.384. The second-order valence-electron chi connectivity index (χ2n) is 5.50. The SMILES string of the molecule is O=C(O)[C@H]1CCc2ccccc2N1C(=O)c1ccc([N+](=O)[O-])cc1. The van der Waals surface area contributed by atoms with Gasteiger partial charge in [-0.15, -0.1) is 0 Å². The summed E-state index contributed by atoms with van der Waals surface area (Å²) in [7, 11) is 0. The number of nitro benzene ring substituents is 1. The van der Waals surface area contributed by atoms with Gasteiger partial charge in [0.2, 0.25) is 0 Å². The van der Waals surface area contributed by atoms with Gasteiger partial charge in [0.1, 0.15) is 6.04 Å². The molecule has 1 aliphatic heterocycles. The van der Waals surface area contributed by atoms with Crippen molar-refractivity contribution in [2.45, 2.75) is 18.9 Å². The van der Waals surface area contributed by atoms with E-state index in [1.807, 2.05) is 12.1 Å². The smallest absolute Gasteiger partial charge is 0.326 e. The molecule has 0 bridgehead atoms. The van der Waals surface area contributed by atoms with Gasteiger partial charge in [0.05, 0.1) is 4.92 Å². The zero-order chi connectivity index (χ0) is 17.3. The van der Waals surface area contributed by atoms with Crippen molar-refractivity contribution in [1.29, 1.82) is 0 Å². The first kappa shape index (κ1) is 15.7. The van der Waals surface area contributed by atoms with Gasteiger partial charge in [0, 0.05) is 23.4 Å². The minimum absolute atomic E-state index is 0.125. The summed E-state index contributed by atoms with van der Waals surface area (Å²) in [5, 5.41) is 20.2. The Kier molecular flexibility index (Phi) is 3.99. The Bertz CT molecular complexity index is 816.